The van der Waals surface area contributed by atoms with Crippen LogP contribution in [0.1, 0.15) is 24.9 Å². The fourth-order valence-electron chi connectivity index (χ4n) is 1.47. The molecule has 1 heterocycles. The van der Waals surface area contributed by atoms with Crippen LogP contribution in [0.25, 0.3) is 0 Å². The van der Waals surface area contributed by atoms with Crippen LogP contribution in [0.4, 0.5) is 4.79 Å². The first-order valence-corrected chi connectivity index (χ1v) is 5.99. The number of rotatable bonds is 6. The first-order valence-electron chi connectivity index (χ1n) is 5.99. The van der Waals surface area contributed by atoms with Gasteiger partial charge in [-0.1, -0.05) is 6.92 Å². The van der Waals surface area contributed by atoms with Crippen LogP contribution < -0.4 is 10.6 Å². The van der Waals surface area contributed by atoms with E-state index in [1.54, 1.807) is 26.1 Å². The zero-order valence-corrected chi connectivity index (χ0v) is 11.0. The molecule has 104 valence electrons. The number of nitrogens with zero attached hydrogens (tertiary/aromatic N) is 2. The van der Waals surface area contributed by atoms with E-state index in [1.807, 2.05) is 0 Å². The minimum Gasteiger partial charge on any atom is -0.481 e. The quantitative estimate of drug-likeness (QED) is 0.703. The molecule has 0 radical (unpaired) electrons. The van der Waals surface area contributed by atoms with Gasteiger partial charge < -0.3 is 15.7 Å². The van der Waals surface area contributed by atoms with Gasteiger partial charge in [0.2, 0.25) is 0 Å². The number of carbonyl (C=O) groups is 2. The molecule has 0 aliphatic heterocycles. The summed E-state index contributed by atoms with van der Waals surface area (Å²) in [5, 5.41) is 13.8. The third kappa shape index (κ3) is 6.35. The lowest BCUT2D eigenvalue weighted by atomic mass is 10.1. The Morgan fingerprint density at radius 3 is 2.79 bits per heavy atom. The molecule has 0 saturated carbocycles. The van der Waals surface area contributed by atoms with Gasteiger partial charge in [0, 0.05) is 19.2 Å². The van der Waals surface area contributed by atoms with Gasteiger partial charge >= 0.3 is 12.0 Å². The molecule has 19 heavy (non-hydrogen) atoms. The van der Waals surface area contributed by atoms with Gasteiger partial charge in [0.1, 0.15) is 5.82 Å². The molecule has 0 spiro atoms. The minimum atomic E-state index is -0.869. The number of carbonyl (C=O) groups excluding carboxylic acids is 1. The first kappa shape index (κ1) is 14.9. The van der Waals surface area contributed by atoms with Crippen molar-refractivity contribution in [2.24, 2.45) is 5.92 Å². The molecule has 0 fully saturated rings. The third-order valence-corrected chi connectivity index (χ3v) is 2.40. The van der Waals surface area contributed by atoms with E-state index < -0.39 is 5.97 Å². The SMILES string of the molecule is Cc1nccc(CNC(=O)NCC(C)CC(=O)O)n1. The van der Waals surface area contributed by atoms with Crippen molar-refractivity contribution in [1.82, 2.24) is 20.6 Å². The fraction of sp³-hybridized carbons (Fsp3) is 0.500. The number of aryl methyl sites for hydroxylation is 1. The Hall–Kier alpha value is -2.18. The lowest BCUT2D eigenvalue weighted by Crippen LogP contribution is -2.37. The number of aromatic nitrogens is 2. The largest absolute Gasteiger partial charge is 0.481 e. The second kappa shape index (κ2) is 7.30. The van der Waals surface area contributed by atoms with Gasteiger partial charge in [0.25, 0.3) is 0 Å². The van der Waals surface area contributed by atoms with Crippen LogP contribution in [0.2, 0.25) is 0 Å². The lowest BCUT2D eigenvalue weighted by Gasteiger charge is -2.11. The number of aliphatic carboxylic acids is 1. The molecule has 0 bridgehead atoms. The van der Waals surface area contributed by atoms with Crippen LogP contribution in [0.5, 0.6) is 0 Å². The normalized spacial score (nSPS) is 11.7. The highest BCUT2D eigenvalue weighted by atomic mass is 16.4. The standard InChI is InChI=1S/C12H18N4O3/c1-8(5-11(17)18)6-14-12(19)15-7-10-3-4-13-9(2)16-10/h3-4,8H,5-7H2,1-2H3,(H,17,18)(H2,14,15,19). The van der Waals surface area contributed by atoms with Crippen LogP contribution in [0, 0.1) is 12.8 Å². The van der Waals surface area contributed by atoms with Crippen molar-refractivity contribution in [3.63, 3.8) is 0 Å². The molecule has 0 saturated heterocycles. The minimum absolute atomic E-state index is 0.0331. The summed E-state index contributed by atoms with van der Waals surface area (Å²) in [5.74, 6) is -0.328. The molecule has 1 rings (SSSR count). The average Bonchev–Trinajstić information content (AvgIpc) is 2.33. The van der Waals surface area contributed by atoms with Crippen molar-refractivity contribution in [3.8, 4) is 0 Å². The molecule has 0 aliphatic rings. The summed E-state index contributed by atoms with van der Waals surface area (Å²) in [6.45, 7) is 4.17. The van der Waals surface area contributed by atoms with Crippen LogP contribution in [-0.2, 0) is 11.3 Å². The zero-order chi connectivity index (χ0) is 14.3. The van der Waals surface area contributed by atoms with Gasteiger partial charge in [-0.25, -0.2) is 14.8 Å². The molecule has 0 aliphatic carbocycles. The summed E-state index contributed by atoms with van der Waals surface area (Å²) in [4.78, 5) is 30.0. The van der Waals surface area contributed by atoms with Crippen molar-refractivity contribution in [2.75, 3.05) is 6.54 Å². The highest BCUT2D eigenvalue weighted by Crippen LogP contribution is 1.99. The number of carboxylic acids is 1. The van der Waals surface area contributed by atoms with E-state index in [0.717, 1.165) is 5.69 Å². The van der Waals surface area contributed by atoms with Gasteiger partial charge in [0.05, 0.1) is 12.2 Å². The number of urea groups is 1. The Morgan fingerprint density at radius 1 is 1.42 bits per heavy atom. The van der Waals surface area contributed by atoms with Crippen LogP contribution >= 0.6 is 0 Å². The number of nitrogens with one attached hydrogen (secondary N) is 2. The number of hydrogen-bond acceptors (Lipinski definition) is 4. The predicted molar refractivity (Wildman–Crippen MR) is 68.4 cm³/mol. The summed E-state index contributed by atoms with van der Waals surface area (Å²) in [6, 6.07) is 1.38. The molecule has 7 heteroatoms. The summed E-state index contributed by atoms with van der Waals surface area (Å²) >= 11 is 0. The Bertz CT molecular complexity index is 450. The van der Waals surface area contributed by atoms with E-state index in [-0.39, 0.29) is 18.4 Å². The van der Waals surface area contributed by atoms with Crippen molar-refractivity contribution in [2.45, 2.75) is 26.8 Å². The molecule has 1 aromatic rings. The highest BCUT2D eigenvalue weighted by molar-refractivity contribution is 5.73. The maximum absolute atomic E-state index is 11.5. The van der Waals surface area contributed by atoms with E-state index in [4.69, 9.17) is 5.11 Å². The molecule has 1 aromatic heterocycles. The molecule has 7 nitrogen and oxygen atoms in total. The highest BCUT2D eigenvalue weighted by Gasteiger charge is 2.09. The Kier molecular flexibility index (Phi) is 5.72. The fourth-order valence-corrected chi connectivity index (χ4v) is 1.47. The van der Waals surface area contributed by atoms with Gasteiger partial charge in [-0.2, -0.15) is 0 Å². The molecule has 1 unspecified atom stereocenters. The van der Waals surface area contributed by atoms with Gasteiger partial charge in [-0.3, -0.25) is 4.79 Å². The second-order valence-electron chi connectivity index (χ2n) is 4.36. The maximum atomic E-state index is 11.5. The lowest BCUT2D eigenvalue weighted by molar-refractivity contribution is -0.137. The number of amides is 2. The molecule has 0 aromatic carbocycles. The zero-order valence-electron chi connectivity index (χ0n) is 11.0. The molecule has 2 amide bonds. The van der Waals surface area contributed by atoms with Crippen LogP contribution in [-0.4, -0.2) is 33.6 Å². The number of hydrogen-bond donors (Lipinski definition) is 3. The summed E-state index contributed by atoms with van der Waals surface area (Å²) < 4.78 is 0. The van der Waals surface area contributed by atoms with Gasteiger partial charge in [0.15, 0.2) is 0 Å². The molecule has 1 atom stereocenters. The van der Waals surface area contributed by atoms with Crippen molar-refractivity contribution < 1.29 is 14.7 Å². The van der Waals surface area contributed by atoms with Crippen LogP contribution in [0.15, 0.2) is 12.3 Å². The van der Waals surface area contributed by atoms with E-state index in [9.17, 15) is 9.59 Å². The topological polar surface area (TPSA) is 104 Å². The Morgan fingerprint density at radius 2 is 2.16 bits per heavy atom. The average molecular weight is 266 g/mol. The summed E-state index contributed by atoms with van der Waals surface area (Å²) in [5.41, 5.74) is 0.723. The van der Waals surface area contributed by atoms with E-state index in [1.165, 1.54) is 0 Å². The van der Waals surface area contributed by atoms with Crippen molar-refractivity contribution in [3.05, 3.63) is 23.8 Å². The second-order valence-corrected chi connectivity index (χ2v) is 4.36. The first-order chi connectivity index (χ1) is 8.97. The van der Waals surface area contributed by atoms with Gasteiger partial charge in [-0.15, -0.1) is 0 Å². The molecule has 3 N–H and O–H groups in total. The summed E-state index contributed by atoms with van der Waals surface area (Å²) in [6.07, 6.45) is 1.66. The van der Waals surface area contributed by atoms with E-state index in [2.05, 4.69) is 20.6 Å². The van der Waals surface area contributed by atoms with E-state index in [0.29, 0.717) is 18.9 Å². The Balaban J connectivity index is 2.26. The van der Waals surface area contributed by atoms with Crippen molar-refractivity contribution in [1.29, 1.82) is 0 Å². The Labute approximate surface area is 111 Å². The molecular formula is C12H18N4O3. The third-order valence-electron chi connectivity index (χ3n) is 2.40. The smallest absolute Gasteiger partial charge is 0.315 e. The van der Waals surface area contributed by atoms with Crippen LogP contribution in [0.3, 0.4) is 0 Å². The van der Waals surface area contributed by atoms with Gasteiger partial charge in [-0.05, 0) is 18.9 Å². The predicted octanol–water partition coefficient (Wildman–Crippen LogP) is 0.695. The van der Waals surface area contributed by atoms with E-state index >= 15 is 0 Å². The molecular weight excluding hydrogens is 248 g/mol. The van der Waals surface area contributed by atoms with Crippen molar-refractivity contribution >= 4 is 12.0 Å². The summed E-state index contributed by atoms with van der Waals surface area (Å²) in [7, 11) is 0. The maximum Gasteiger partial charge on any atom is 0.315 e. The number of carboxylic acid groups (broad SMARTS) is 1. The monoisotopic (exact) mass is 266 g/mol.